The quantitative estimate of drug-likeness (QED) is 0.756. The molecule has 0 atom stereocenters. The maximum absolute atomic E-state index is 13.3. The molecule has 0 radical (unpaired) electrons. The van der Waals surface area contributed by atoms with E-state index in [9.17, 15) is 9.59 Å². The molecule has 2 heterocycles. The molecule has 4 rings (SSSR count). The van der Waals surface area contributed by atoms with Crippen LogP contribution in [0.5, 0.6) is 5.75 Å². The van der Waals surface area contributed by atoms with Crippen LogP contribution >= 0.6 is 11.6 Å². The third-order valence-electron chi connectivity index (χ3n) is 4.94. The highest BCUT2D eigenvalue weighted by atomic mass is 35.5. The zero-order valence-corrected chi connectivity index (χ0v) is 15.7. The number of likely N-dealkylation sites (tertiary alicyclic amines) is 1. The molecule has 5 nitrogen and oxygen atoms in total. The molecule has 0 spiro atoms. The number of benzene rings is 2. The number of rotatable bonds is 4. The molecule has 1 fully saturated rings. The average Bonchev–Trinajstić information content (AvgIpc) is 3.28. The summed E-state index contributed by atoms with van der Waals surface area (Å²) in [5.74, 6) is -0.133. The third kappa shape index (κ3) is 2.98. The van der Waals surface area contributed by atoms with Crippen molar-refractivity contribution in [1.82, 2.24) is 4.90 Å². The van der Waals surface area contributed by atoms with E-state index >= 15 is 0 Å². The van der Waals surface area contributed by atoms with Crippen LogP contribution in [0.3, 0.4) is 0 Å². The van der Waals surface area contributed by atoms with E-state index < -0.39 is 0 Å². The molecule has 0 bridgehead atoms. The summed E-state index contributed by atoms with van der Waals surface area (Å²) in [5, 5.41) is 0.353. The number of carbonyl (C=O) groups excluding carboxylic acids is 2. The van der Waals surface area contributed by atoms with Crippen molar-refractivity contribution in [3.63, 3.8) is 0 Å². The van der Waals surface area contributed by atoms with E-state index in [4.69, 9.17) is 16.3 Å². The normalized spacial score (nSPS) is 17.3. The summed E-state index contributed by atoms with van der Waals surface area (Å²) in [6.07, 6.45) is 2.03. The molecule has 2 aliphatic rings. The molecule has 0 aromatic heterocycles. The molecular weight excluding hydrogens is 364 g/mol. The van der Waals surface area contributed by atoms with E-state index in [-0.39, 0.29) is 11.8 Å². The summed E-state index contributed by atoms with van der Waals surface area (Å²) in [4.78, 5) is 29.8. The van der Waals surface area contributed by atoms with Crippen LogP contribution in [0.4, 0.5) is 5.69 Å². The molecule has 0 N–H and O–H groups in total. The fourth-order valence-corrected chi connectivity index (χ4v) is 3.90. The van der Waals surface area contributed by atoms with Crippen LogP contribution < -0.4 is 9.64 Å². The molecule has 27 heavy (non-hydrogen) atoms. The Morgan fingerprint density at radius 3 is 2.30 bits per heavy atom. The Balaban J connectivity index is 1.81. The third-order valence-corrected chi connectivity index (χ3v) is 5.23. The van der Waals surface area contributed by atoms with Gasteiger partial charge in [0.1, 0.15) is 11.4 Å². The molecule has 0 unspecified atom stereocenters. The van der Waals surface area contributed by atoms with Gasteiger partial charge in [0, 0.05) is 13.1 Å². The Morgan fingerprint density at radius 1 is 0.963 bits per heavy atom. The zero-order chi connectivity index (χ0) is 19.0. The van der Waals surface area contributed by atoms with Crippen LogP contribution in [0.15, 0.2) is 54.2 Å². The lowest BCUT2D eigenvalue weighted by atomic mass is 10.0. The van der Waals surface area contributed by atoms with Gasteiger partial charge < -0.3 is 9.64 Å². The monoisotopic (exact) mass is 382 g/mol. The van der Waals surface area contributed by atoms with Gasteiger partial charge in [-0.15, -0.1) is 0 Å². The van der Waals surface area contributed by atoms with Crippen molar-refractivity contribution in [2.24, 2.45) is 0 Å². The summed E-state index contributed by atoms with van der Waals surface area (Å²) < 4.78 is 5.17. The molecule has 138 valence electrons. The van der Waals surface area contributed by atoms with E-state index in [1.165, 1.54) is 12.0 Å². The van der Waals surface area contributed by atoms with Gasteiger partial charge in [0.15, 0.2) is 0 Å². The van der Waals surface area contributed by atoms with Gasteiger partial charge in [-0.25, -0.2) is 4.90 Å². The van der Waals surface area contributed by atoms with Gasteiger partial charge in [0.2, 0.25) is 0 Å². The van der Waals surface area contributed by atoms with Crippen molar-refractivity contribution in [2.45, 2.75) is 12.8 Å². The first-order valence-electron chi connectivity index (χ1n) is 8.89. The standard InChI is InChI=1S/C21H19ClN2O3/c1-27-17-10-9-15(13-16(17)22)24-20(25)18(14-7-3-2-4-8-14)19(21(24)26)23-11-5-6-12-23/h2-4,7-10,13H,5-6,11-12H2,1H3. The van der Waals surface area contributed by atoms with Crippen LogP contribution in [0.1, 0.15) is 18.4 Å². The van der Waals surface area contributed by atoms with E-state index in [1.807, 2.05) is 35.2 Å². The van der Waals surface area contributed by atoms with Crippen molar-refractivity contribution in [3.05, 3.63) is 64.8 Å². The van der Waals surface area contributed by atoms with Crippen molar-refractivity contribution < 1.29 is 14.3 Å². The number of nitrogens with zero attached hydrogens (tertiary/aromatic N) is 2. The topological polar surface area (TPSA) is 49.9 Å². The molecule has 2 aromatic rings. The average molecular weight is 383 g/mol. The van der Waals surface area contributed by atoms with Gasteiger partial charge in [-0.2, -0.15) is 0 Å². The maximum atomic E-state index is 13.3. The number of imide groups is 1. The highest BCUT2D eigenvalue weighted by Gasteiger charge is 2.43. The smallest absolute Gasteiger partial charge is 0.282 e. The number of hydrogen-bond acceptors (Lipinski definition) is 4. The Labute approximate surface area is 162 Å². The number of anilines is 1. The predicted molar refractivity (Wildman–Crippen MR) is 105 cm³/mol. The number of ether oxygens (including phenoxy) is 1. The van der Waals surface area contributed by atoms with Crippen LogP contribution in [0, 0.1) is 0 Å². The zero-order valence-electron chi connectivity index (χ0n) is 14.9. The van der Waals surface area contributed by atoms with Crippen LogP contribution in [-0.4, -0.2) is 36.9 Å². The number of methoxy groups -OCH3 is 1. The fourth-order valence-electron chi connectivity index (χ4n) is 3.65. The van der Waals surface area contributed by atoms with Gasteiger partial charge in [-0.3, -0.25) is 9.59 Å². The molecule has 2 aromatic carbocycles. The fraction of sp³-hybridized carbons (Fsp3) is 0.238. The van der Waals surface area contributed by atoms with Gasteiger partial charge in [0.05, 0.1) is 23.4 Å². The van der Waals surface area contributed by atoms with Crippen molar-refractivity contribution in [3.8, 4) is 5.75 Å². The molecule has 0 saturated carbocycles. The lowest BCUT2D eigenvalue weighted by molar-refractivity contribution is -0.120. The SMILES string of the molecule is COc1ccc(N2C(=O)C(c3ccccc3)=C(N3CCCC3)C2=O)cc1Cl. The largest absolute Gasteiger partial charge is 0.495 e. The number of carbonyl (C=O) groups is 2. The molecule has 2 aliphatic heterocycles. The van der Waals surface area contributed by atoms with Gasteiger partial charge >= 0.3 is 0 Å². The van der Waals surface area contributed by atoms with E-state index in [0.29, 0.717) is 27.7 Å². The summed E-state index contributed by atoms with van der Waals surface area (Å²) in [7, 11) is 1.52. The van der Waals surface area contributed by atoms with Gasteiger partial charge in [0.25, 0.3) is 11.8 Å². The molecule has 1 saturated heterocycles. The first-order valence-corrected chi connectivity index (χ1v) is 9.26. The highest BCUT2D eigenvalue weighted by molar-refractivity contribution is 6.45. The van der Waals surface area contributed by atoms with E-state index in [2.05, 4.69) is 0 Å². The summed E-state index contributed by atoms with van der Waals surface area (Å²) in [6.45, 7) is 1.56. The van der Waals surface area contributed by atoms with E-state index in [1.54, 1.807) is 18.2 Å². The summed E-state index contributed by atoms with van der Waals surface area (Å²) >= 11 is 6.22. The minimum Gasteiger partial charge on any atom is -0.495 e. The number of halogens is 1. The molecular formula is C21H19ClN2O3. The Morgan fingerprint density at radius 2 is 1.67 bits per heavy atom. The second-order valence-electron chi connectivity index (χ2n) is 6.55. The van der Waals surface area contributed by atoms with Crippen molar-refractivity contribution in [1.29, 1.82) is 0 Å². The van der Waals surface area contributed by atoms with Crippen molar-refractivity contribution in [2.75, 3.05) is 25.1 Å². The van der Waals surface area contributed by atoms with Gasteiger partial charge in [-0.1, -0.05) is 41.9 Å². The second-order valence-corrected chi connectivity index (χ2v) is 6.96. The lowest BCUT2D eigenvalue weighted by Crippen LogP contribution is -2.34. The number of hydrogen-bond donors (Lipinski definition) is 0. The Kier molecular flexibility index (Phi) is 4.62. The van der Waals surface area contributed by atoms with Crippen molar-refractivity contribution >= 4 is 34.7 Å². The first kappa shape index (κ1) is 17.6. The first-order chi connectivity index (χ1) is 13.1. The molecule has 6 heteroatoms. The molecule has 2 amide bonds. The summed E-state index contributed by atoms with van der Waals surface area (Å²) in [5.41, 5.74) is 2.13. The van der Waals surface area contributed by atoms with Crippen LogP contribution in [0.25, 0.3) is 5.57 Å². The van der Waals surface area contributed by atoms with E-state index in [0.717, 1.165) is 31.5 Å². The minimum absolute atomic E-state index is 0.304. The summed E-state index contributed by atoms with van der Waals surface area (Å²) in [6, 6.07) is 14.3. The van der Waals surface area contributed by atoms with Crippen LogP contribution in [0.2, 0.25) is 5.02 Å². The predicted octanol–water partition coefficient (Wildman–Crippen LogP) is 3.73. The van der Waals surface area contributed by atoms with Gasteiger partial charge in [-0.05, 0) is 36.6 Å². The Hall–Kier alpha value is -2.79. The maximum Gasteiger partial charge on any atom is 0.282 e. The Bertz CT molecular complexity index is 934. The lowest BCUT2D eigenvalue weighted by Gasteiger charge is -2.20. The second kappa shape index (κ2) is 7.08. The van der Waals surface area contributed by atoms with Crippen LogP contribution in [-0.2, 0) is 9.59 Å². The highest BCUT2D eigenvalue weighted by Crippen LogP contribution is 2.38. The number of amides is 2. The molecule has 0 aliphatic carbocycles. The minimum atomic E-state index is -0.325.